The number of benzene rings is 1. The summed E-state index contributed by atoms with van der Waals surface area (Å²) >= 11 is 0. The average Bonchev–Trinajstić information content (AvgIpc) is 3.00. The molecule has 0 radical (unpaired) electrons. The van der Waals surface area contributed by atoms with Crippen molar-refractivity contribution in [3.8, 4) is 0 Å². The molecule has 2 rings (SSSR count). The average molecular weight is 492 g/mol. The fraction of sp³-hybridized carbons (Fsp3) is 0.375. The smallest absolute Gasteiger partial charge is 0.215 e. The van der Waals surface area contributed by atoms with Crippen molar-refractivity contribution in [3.05, 3.63) is 53.3 Å². The van der Waals surface area contributed by atoms with Crippen LogP contribution in [0.3, 0.4) is 0 Å². The molecule has 0 unspecified atom stereocenters. The standard InChI is InChI=1S/C16H24N6O2S.HI/c1-17-16(20-11-15-7-8-21-22(15)3)19-10-13-5-4-6-14(9-13)12-25(23,24)18-2;/h4-9,18H,10-12H2,1-3H3,(H2,17,19,20);1H. The summed E-state index contributed by atoms with van der Waals surface area (Å²) < 4.78 is 27.4. The van der Waals surface area contributed by atoms with E-state index >= 15 is 0 Å². The number of rotatable bonds is 7. The van der Waals surface area contributed by atoms with Crippen molar-refractivity contribution in [2.45, 2.75) is 18.8 Å². The molecule has 144 valence electrons. The zero-order valence-electron chi connectivity index (χ0n) is 15.1. The number of guanidine groups is 1. The van der Waals surface area contributed by atoms with E-state index in [1.807, 2.05) is 31.3 Å². The molecule has 1 aromatic heterocycles. The Hall–Kier alpha value is -1.66. The minimum Gasteiger partial charge on any atom is -0.352 e. The van der Waals surface area contributed by atoms with Gasteiger partial charge in [-0.1, -0.05) is 24.3 Å². The van der Waals surface area contributed by atoms with Crippen LogP contribution in [0.2, 0.25) is 0 Å². The summed E-state index contributed by atoms with van der Waals surface area (Å²) in [5.41, 5.74) is 2.76. The summed E-state index contributed by atoms with van der Waals surface area (Å²) in [6.07, 6.45) is 1.75. The number of aromatic nitrogens is 2. The van der Waals surface area contributed by atoms with Gasteiger partial charge in [0.05, 0.1) is 18.0 Å². The summed E-state index contributed by atoms with van der Waals surface area (Å²) in [5.74, 6) is 0.625. The zero-order valence-corrected chi connectivity index (χ0v) is 18.2. The Labute approximate surface area is 171 Å². The lowest BCUT2D eigenvalue weighted by molar-refractivity contribution is 0.587. The molecule has 0 saturated carbocycles. The lowest BCUT2D eigenvalue weighted by Gasteiger charge is -2.12. The maximum Gasteiger partial charge on any atom is 0.215 e. The first-order chi connectivity index (χ1) is 11.9. The van der Waals surface area contributed by atoms with Crippen LogP contribution in [-0.4, -0.2) is 38.3 Å². The molecule has 0 aliphatic rings. The first kappa shape index (κ1) is 22.4. The first-order valence-electron chi connectivity index (χ1n) is 7.84. The van der Waals surface area contributed by atoms with Crippen molar-refractivity contribution in [3.63, 3.8) is 0 Å². The molecule has 2 aromatic rings. The second-order valence-electron chi connectivity index (χ2n) is 5.51. The SMILES string of the molecule is CN=C(NCc1cccc(CS(=O)(=O)NC)c1)NCc1ccnn1C.I. The van der Waals surface area contributed by atoms with Gasteiger partial charge in [0, 0.05) is 26.8 Å². The summed E-state index contributed by atoms with van der Waals surface area (Å²) in [5, 5.41) is 10.6. The molecule has 1 aromatic carbocycles. The minimum absolute atomic E-state index is 0. The van der Waals surface area contributed by atoms with Crippen LogP contribution in [0.5, 0.6) is 0 Å². The van der Waals surface area contributed by atoms with Gasteiger partial charge in [0.25, 0.3) is 0 Å². The van der Waals surface area contributed by atoms with Gasteiger partial charge in [-0.25, -0.2) is 13.1 Å². The van der Waals surface area contributed by atoms with Crippen molar-refractivity contribution in [2.24, 2.45) is 12.0 Å². The Morgan fingerprint density at radius 2 is 1.88 bits per heavy atom. The van der Waals surface area contributed by atoms with E-state index in [2.05, 4.69) is 25.4 Å². The predicted molar refractivity (Wildman–Crippen MR) is 114 cm³/mol. The number of sulfonamides is 1. The molecule has 10 heteroatoms. The van der Waals surface area contributed by atoms with Crippen molar-refractivity contribution in [1.29, 1.82) is 0 Å². The Balaban J connectivity index is 0.00000338. The molecule has 26 heavy (non-hydrogen) atoms. The van der Waals surface area contributed by atoms with Crippen LogP contribution in [0, 0.1) is 0 Å². The Bertz CT molecular complexity index is 835. The fourth-order valence-corrected chi connectivity index (χ4v) is 3.04. The monoisotopic (exact) mass is 492 g/mol. The van der Waals surface area contributed by atoms with Gasteiger partial charge in [-0.2, -0.15) is 5.10 Å². The number of hydrogen-bond acceptors (Lipinski definition) is 4. The molecule has 0 amide bonds. The topological polar surface area (TPSA) is 100 Å². The predicted octanol–water partition coefficient (Wildman–Crippen LogP) is 0.952. The molecule has 0 fully saturated rings. The maximum atomic E-state index is 11.7. The van der Waals surface area contributed by atoms with Crippen LogP contribution in [0.25, 0.3) is 0 Å². The molecule has 1 heterocycles. The highest BCUT2D eigenvalue weighted by atomic mass is 127. The van der Waals surface area contributed by atoms with Crippen molar-refractivity contribution < 1.29 is 8.42 Å². The van der Waals surface area contributed by atoms with E-state index in [0.717, 1.165) is 16.8 Å². The second kappa shape index (κ2) is 10.5. The number of hydrogen-bond donors (Lipinski definition) is 3. The van der Waals surface area contributed by atoms with Crippen molar-refractivity contribution in [1.82, 2.24) is 25.1 Å². The zero-order chi connectivity index (χ0) is 18.3. The number of aliphatic imine (C=N–C) groups is 1. The van der Waals surface area contributed by atoms with E-state index in [1.165, 1.54) is 7.05 Å². The molecule has 0 atom stereocenters. The third-order valence-electron chi connectivity index (χ3n) is 3.70. The third-order valence-corrected chi connectivity index (χ3v) is 5.04. The quantitative estimate of drug-likeness (QED) is 0.304. The summed E-state index contributed by atoms with van der Waals surface area (Å²) in [6.45, 7) is 1.15. The first-order valence-corrected chi connectivity index (χ1v) is 9.49. The number of aryl methyl sites for hydroxylation is 1. The Morgan fingerprint density at radius 1 is 1.19 bits per heavy atom. The molecule has 8 nitrogen and oxygen atoms in total. The minimum atomic E-state index is -3.28. The molecule has 0 aliphatic carbocycles. The van der Waals surface area contributed by atoms with Gasteiger partial charge >= 0.3 is 0 Å². The van der Waals surface area contributed by atoms with Crippen LogP contribution in [0.1, 0.15) is 16.8 Å². The summed E-state index contributed by atoms with van der Waals surface area (Å²) in [6, 6.07) is 9.40. The number of nitrogens with one attached hydrogen (secondary N) is 3. The normalized spacial score (nSPS) is 11.7. The molecule has 0 bridgehead atoms. The lowest BCUT2D eigenvalue weighted by atomic mass is 10.1. The lowest BCUT2D eigenvalue weighted by Crippen LogP contribution is -2.36. The molecular formula is C16H25IN6O2S. The molecule has 0 aliphatic heterocycles. The van der Waals surface area contributed by atoms with Crippen molar-refractivity contribution in [2.75, 3.05) is 14.1 Å². The van der Waals surface area contributed by atoms with Gasteiger partial charge in [-0.05, 0) is 24.2 Å². The Morgan fingerprint density at radius 3 is 2.50 bits per heavy atom. The molecule has 0 saturated heterocycles. The summed E-state index contributed by atoms with van der Waals surface area (Å²) in [4.78, 5) is 4.19. The van der Waals surface area contributed by atoms with Gasteiger partial charge in [-0.3, -0.25) is 9.67 Å². The number of nitrogens with zero attached hydrogens (tertiary/aromatic N) is 3. The summed E-state index contributed by atoms with van der Waals surface area (Å²) in [7, 11) is 1.73. The highest BCUT2D eigenvalue weighted by Gasteiger charge is 2.09. The second-order valence-corrected chi connectivity index (χ2v) is 7.44. The van der Waals surface area contributed by atoms with Gasteiger partial charge in [0.15, 0.2) is 5.96 Å². The van der Waals surface area contributed by atoms with E-state index in [0.29, 0.717) is 19.0 Å². The largest absolute Gasteiger partial charge is 0.352 e. The van der Waals surface area contributed by atoms with E-state index < -0.39 is 10.0 Å². The van der Waals surface area contributed by atoms with Crippen LogP contribution in [0.15, 0.2) is 41.5 Å². The van der Waals surface area contributed by atoms with E-state index in [-0.39, 0.29) is 29.7 Å². The van der Waals surface area contributed by atoms with Crippen LogP contribution in [-0.2, 0) is 35.9 Å². The van der Waals surface area contributed by atoms with Crippen LogP contribution in [0.4, 0.5) is 0 Å². The highest BCUT2D eigenvalue weighted by molar-refractivity contribution is 14.0. The van der Waals surface area contributed by atoms with Crippen molar-refractivity contribution >= 4 is 40.0 Å². The fourth-order valence-electron chi connectivity index (χ4n) is 2.28. The van der Waals surface area contributed by atoms with E-state index in [1.54, 1.807) is 24.0 Å². The van der Waals surface area contributed by atoms with E-state index in [4.69, 9.17) is 0 Å². The highest BCUT2D eigenvalue weighted by Crippen LogP contribution is 2.08. The third kappa shape index (κ3) is 6.92. The van der Waals surface area contributed by atoms with Gasteiger partial charge in [0.1, 0.15) is 0 Å². The molecule has 3 N–H and O–H groups in total. The Kier molecular flexibility index (Phi) is 9.02. The van der Waals surface area contributed by atoms with Crippen LogP contribution < -0.4 is 15.4 Å². The molecule has 0 spiro atoms. The number of halogens is 1. The van der Waals surface area contributed by atoms with Gasteiger partial charge in [0.2, 0.25) is 10.0 Å². The van der Waals surface area contributed by atoms with E-state index in [9.17, 15) is 8.42 Å². The maximum absolute atomic E-state index is 11.7. The van der Waals surface area contributed by atoms with Gasteiger partial charge < -0.3 is 10.6 Å². The van der Waals surface area contributed by atoms with Gasteiger partial charge in [-0.15, -0.1) is 24.0 Å². The molecular weight excluding hydrogens is 467 g/mol. The van der Waals surface area contributed by atoms with Crippen LogP contribution >= 0.6 is 24.0 Å².